The summed E-state index contributed by atoms with van der Waals surface area (Å²) in [7, 11) is 1.41. The highest BCUT2D eigenvalue weighted by Gasteiger charge is 2.13. The van der Waals surface area contributed by atoms with Gasteiger partial charge in [0.25, 0.3) is 0 Å². The standard InChI is InChI=1S/C17H27NO2/c1-6-12(3)10-15(7-2)18-16-11-14(17(19)20-5)9-8-13(16)4/h8-9,11-12,15,18H,6-7,10H2,1-5H3. The van der Waals surface area contributed by atoms with E-state index in [1.54, 1.807) is 0 Å². The van der Waals surface area contributed by atoms with Crippen LogP contribution in [0.25, 0.3) is 0 Å². The summed E-state index contributed by atoms with van der Waals surface area (Å²) < 4.78 is 4.78. The number of ether oxygens (including phenoxy) is 1. The predicted octanol–water partition coefficient (Wildman–Crippen LogP) is 4.41. The van der Waals surface area contributed by atoms with Gasteiger partial charge >= 0.3 is 5.97 Å². The van der Waals surface area contributed by atoms with Crippen LogP contribution in [0.1, 0.15) is 56.0 Å². The van der Waals surface area contributed by atoms with Crippen molar-refractivity contribution in [1.29, 1.82) is 0 Å². The molecule has 3 heteroatoms. The van der Waals surface area contributed by atoms with Crippen LogP contribution < -0.4 is 5.32 Å². The van der Waals surface area contributed by atoms with Gasteiger partial charge in [-0.05, 0) is 43.4 Å². The maximum Gasteiger partial charge on any atom is 0.337 e. The first-order chi connectivity index (χ1) is 9.51. The Kier molecular flexibility index (Phi) is 6.56. The molecule has 3 nitrogen and oxygen atoms in total. The van der Waals surface area contributed by atoms with E-state index in [0.717, 1.165) is 24.1 Å². The number of nitrogens with one attached hydrogen (secondary N) is 1. The fraction of sp³-hybridized carbons (Fsp3) is 0.588. The van der Waals surface area contributed by atoms with Crippen LogP contribution in [-0.2, 0) is 4.74 Å². The van der Waals surface area contributed by atoms with Gasteiger partial charge in [0.05, 0.1) is 12.7 Å². The van der Waals surface area contributed by atoms with Gasteiger partial charge in [0.2, 0.25) is 0 Å². The molecule has 112 valence electrons. The molecule has 0 bridgehead atoms. The Balaban J connectivity index is 2.86. The van der Waals surface area contributed by atoms with E-state index in [2.05, 4.69) is 33.0 Å². The molecule has 0 radical (unpaired) electrons. The number of aryl methyl sites for hydroxylation is 1. The van der Waals surface area contributed by atoms with E-state index in [-0.39, 0.29) is 5.97 Å². The molecular weight excluding hydrogens is 250 g/mol. The van der Waals surface area contributed by atoms with Crippen LogP contribution in [0.5, 0.6) is 0 Å². The van der Waals surface area contributed by atoms with E-state index < -0.39 is 0 Å². The second-order valence-electron chi connectivity index (χ2n) is 5.52. The summed E-state index contributed by atoms with van der Waals surface area (Å²) >= 11 is 0. The third kappa shape index (κ3) is 4.55. The Morgan fingerprint density at radius 2 is 2.00 bits per heavy atom. The molecule has 20 heavy (non-hydrogen) atoms. The van der Waals surface area contributed by atoms with E-state index in [1.165, 1.54) is 13.5 Å². The summed E-state index contributed by atoms with van der Waals surface area (Å²) in [5, 5.41) is 3.57. The Hall–Kier alpha value is -1.51. The van der Waals surface area contributed by atoms with Crippen LogP contribution >= 0.6 is 0 Å². The average Bonchev–Trinajstić information content (AvgIpc) is 2.47. The molecule has 2 unspecified atom stereocenters. The van der Waals surface area contributed by atoms with Crippen molar-refractivity contribution in [3.63, 3.8) is 0 Å². The molecule has 2 atom stereocenters. The molecule has 0 amide bonds. The van der Waals surface area contributed by atoms with E-state index in [1.807, 2.05) is 18.2 Å². The number of benzene rings is 1. The molecule has 0 saturated carbocycles. The number of carbonyl (C=O) groups is 1. The molecular formula is C17H27NO2. The minimum absolute atomic E-state index is 0.289. The number of rotatable bonds is 7. The number of esters is 1. The molecule has 0 aliphatic carbocycles. The van der Waals surface area contributed by atoms with Crippen LogP contribution in [0.15, 0.2) is 18.2 Å². The van der Waals surface area contributed by atoms with Crippen molar-refractivity contribution >= 4 is 11.7 Å². The smallest absolute Gasteiger partial charge is 0.337 e. The van der Waals surface area contributed by atoms with Gasteiger partial charge in [-0.15, -0.1) is 0 Å². The highest BCUT2D eigenvalue weighted by Crippen LogP contribution is 2.22. The quantitative estimate of drug-likeness (QED) is 0.750. The summed E-state index contributed by atoms with van der Waals surface area (Å²) in [6.45, 7) is 8.75. The molecule has 1 aromatic carbocycles. The van der Waals surface area contributed by atoms with Crippen molar-refractivity contribution < 1.29 is 9.53 Å². The molecule has 1 N–H and O–H groups in total. The number of hydrogen-bond acceptors (Lipinski definition) is 3. The average molecular weight is 277 g/mol. The zero-order valence-corrected chi connectivity index (χ0v) is 13.3. The maximum atomic E-state index is 11.6. The van der Waals surface area contributed by atoms with Gasteiger partial charge in [0, 0.05) is 11.7 Å². The fourth-order valence-electron chi connectivity index (χ4n) is 2.22. The van der Waals surface area contributed by atoms with E-state index in [0.29, 0.717) is 17.5 Å². The van der Waals surface area contributed by atoms with Crippen molar-refractivity contribution in [3.05, 3.63) is 29.3 Å². The fourth-order valence-corrected chi connectivity index (χ4v) is 2.22. The van der Waals surface area contributed by atoms with Crippen LogP contribution in [0.2, 0.25) is 0 Å². The second-order valence-corrected chi connectivity index (χ2v) is 5.52. The van der Waals surface area contributed by atoms with Crippen LogP contribution in [-0.4, -0.2) is 19.1 Å². The van der Waals surface area contributed by atoms with Gasteiger partial charge < -0.3 is 10.1 Å². The van der Waals surface area contributed by atoms with Gasteiger partial charge in [0.15, 0.2) is 0 Å². The molecule has 0 heterocycles. The minimum atomic E-state index is -0.289. The van der Waals surface area contributed by atoms with Crippen LogP contribution in [0, 0.1) is 12.8 Å². The van der Waals surface area contributed by atoms with E-state index >= 15 is 0 Å². The number of carbonyl (C=O) groups excluding carboxylic acids is 1. The van der Waals surface area contributed by atoms with Gasteiger partial charge in [-0.2, -0.15) is 0 Å². The lowest BCUT2D eigenvalue weighted by atomic mass is 9.97. The van der Waals surface area contributed by atoms with Gasteiger partial charge in [0.1, 0.15) is 0 Å². The van der Waals surface area contributed by atoms with Crippen molar-refractivity contribution in [2.75, 3.05) is 12.4 Å². The summed E-state index contributed by atoms with van der Waals surface area (Å²) in [5.41, 5.74) is 2.78. The Morgan fingerprint density at radius 1 is 1.30 bits per heavy atom. The molecule has 0 saturated heterocycles. The Labute approximate surface area is 122 Å². The lowest BCUT2D eigenvalue weighted by Gasteiger charge is -2.23. The first kappa shape index (κ1) is 16.5. The summed E-state index contributed by atoms with van der Waals surface area (Å²) in [4.78, 5) is 11.6. The normalized spacial score (nSPS) is 13.7. The lowest BCUT2D eigenvalue weighted by Crippen LogP contribution is -2.22. The third-order valence-corrected chi connectivity index (χ3v) is 3.89. The lowest BCUT2D eigenvalue weighted by molar-refractivity contribution is 0.0601. The molecule has 0 fully saturated rings. The number of methoxy groups -OCH3 is 1. The van der Waals surface area contributed by atoms with Crippen LogP contribution in [0.3, 0.4) is 0 Å². The monoisotopic (exact) mass is 277 g/mol. The summed E-state index contributed by atoms with van der Waals surface area (Å²) in [5.74, 6) is 0.416. The van der Waals surface area contributed by atoms with Crippen molar-refractivity contribution in [3.8, 4) is 0 Å². The van der Waals surface area contributed by atoms with Gasteiger partial charge in [-0.25, -0.2) is 4.79 Å². The molecule has 0 spiro atoms. The van der Waals surface area contributed by atoms with Crippen molar-refractivity contribution in [2.45, 2.75) is 53.0 Å². The maximum absolute atomic E-state index is 11.6. The minimum Gasteiger partial charge on any atom is -0.465 e. The molecule has 0 aromatic heterocycles. The molecule has 1 rings (SSSR count). The first-order valence-corrected chi connectivity index (χ1v) is 7.47. The van der Waals surface area contributed by atoms with Crippen molar-refractivity contribution in [2.24, 2.45) is 5.92 Å². The highest BCUT2D eigenvalue weighted by molar-refractivity contribution is 5.90. The topological polar surface area (TPSA) is 38.3 Å². The van der Waals surface area contributed by atoms with Gasteiger partial charge in [-0.3, -0.25) is 0 Å². The molecule has 0 aliphatic heterocycles. The van der Waals surface area contributed by atoms with Crippen molar-refractivity contribution in [1.82, 2.24) is 0 Å². The zero-order valence-electron chi connectivity index (χ0n) is 13.3. The Bertz CT molecular complexity index is 443. The third-order valence-electron chi connectivity index (χ3n) is 3.89. The van der Waals surface area contributed by atoms with Gasteiger partial charge in [-0.1, -0.05) is 33.3 Å². The SMILES string of the molecule is CCC(C)CC(CC)Nc1cc(C(=O)OC)ccc1C. The Morgan fingerprint density at radius 3 is 2.55 bits per heavy atom. The summed E-state index contributed by atoms with van der Waals surface area (Å²) in [6.07, 6.45) is 3.42. The number of anilines is 1. The molecule has 1 aromatic rings. The molecule has 0 aliphatic rings. The largest absolute Gasteiger partial charge is 0.465 e. The highest BCUT2D eigenvalue weighted by atomic mass is 16.5. The van der Waals surface area contributed by atoms with E-state index in [4.69, 9.17) is 4.74 Å². The second kappa shape index (κ2) is 7.93. The number of hydrogen-bond donors (Lipinski definition) is 1. The summed E-state index contributed by atoms with van der Waals surface area (Å²) in [6, 6.07) is 6.10. The first-order valence-electron chi connectivity index (χ1n) is 7.47. The van der Waals surface area contributed by atoms with Crippen LogP contribution in [0.4, 0.5) is 5.69 Å². The predicted molar refractivity (Wildman–Crippen MR) is 84.3 cm³/mol. The van der Waals surface area contributed by atoms with E-state index in [9.17, 15) is 4.79 Å². The zero-order chi connectivity index (χ0) is 15.1.